The van der Waals surface area contributed by atoms with Gasteiger partial charge in [0.15, 0.2) is 5.78 Å². The zero-order chi connectivity index (χ0) is 16.7. The average molecular weight is 321 g/mol. The molecule has 0 radical (unpaired) electrons. The number of aliphatic hydroxyl groups is 1. The molecule has 0 aromatic rings. The summed E-state index contributed by atoms with van der Waals surface area (Å²) in [6.07, 6.45) is 6.03. The van der Waals surface area contributed by atoms with Gasteiger partial charge in [0.05, 0.1) is 11.3 Å². The molecule has 0 aromatic heterocycles. The van der Waals surface area contributed by atoms with E-state index in [9.17, 15) is 9.90 Å². The van der Waals surface area contributed by atoms with Gasteiger partial charge in [-0.15, -0.1) is 0 Å². The van der Waals surface area contributed by atoms with Crippen LogP contribution in [0.25, 0.3) is 0 Å². The molecule has 0 spiro atoms. The van der Waals surface area contributed by atoms with E-state index in [4.69, 9.17) is 9.57 Å². The molecule has 1 atom stereocenters. The van der Waals surface area contributed by atoms with Crippen molar-refractivity contribution in [2.75, 3.05) is 19.8 Å². The molecule has 5 heteroatoms. The molecule has 128 valence electrons. The summed E-state index contributed by atoms with van der Waals surface area (Å²) >= 11 is 0. The number of oxime groups is 1. The first kappa shape index (κ1) is 17.7. The Hall–Kier alpha value is -1.62. The maximum absolute atomic E-state index is 12.6. The number of rotatable bonds is 7. The smallest absolute Gasteiger partial charge is 0.168 e. The van der Waals surface area contributed by atoms with Crippen LogP contribution >= 0.6 is 0 Å². The fourth-order valence-electron chi connectivity index (χ4n) is 3.39. The second-order valence-electron chi connectivity index (χ2n) is 6.24. The number of carbonyl (C=O) groups is 1. The molecule has 1 heterocycles. The van der Waals surface area contributed by atoms with Crippen molar-refractivity contribution < 1.29 is 19.5 Å². The highest BCUT2D eigenvalue weighted by Crippen LogP contribution is 2.36. The third-order valence-electron chi connectivity index (χ3n) is 4.55. The Morgan fingerprint density at radius 2 is 2.13 bits per heavy atom. The van der Waals surface area contributed by atoms with Gasteiger partial charge in [0.25, 0.3) is 0 Å². The van der Waals surface area contributed by atoms with Crippen LogP contribution in [0.15, 0.2) is 29.1 Å². The minimum atomic E-state index is -0.0142. The van der Waals surface area contributed by atoms with E-state index in [1.165, 1.54) is 0 Å². The van der Waals surface area contributed by atoms with E-state index < -0.39 is 0 Å². The van der Waals surface area contributed by atoms with E-state index >= 15 is 0 Å². The van der Waals surface area contributed by atoms with Crippen molar-refractivity contribution in [1.82, 2.24) is 0 Å². The molecule has 23 heavy (non-hydrogen) atoms. The number of hydrogen-bond donors (Lipinski definition) is 1. The van der Waals surface area contributed by atoms with Crippen molar-refractivity contribution in [1.29, 1.82) is 0 Å². The highest BCUT2D eigenvalue weighted by Gasteiger charge is 2.35. The molecule has 0 bridgehead atoms. The molecule has 0 saturated carbocycles. The summed E-state index contributed by atoms with van der Waals surface area (Å²) in [7, 11) is 0. The summed E-state index contributed by atoms with van der Waals surface area (Å²) in [6.45, 7) is 7.39. The monoisotopic (exact) mass is 321 g/mol. The Labute approximate surface area is 138 Å². The van der Waals surface area contributed by atoms with Gasteiger partial charge in [-0.2, -0.15) is 0 Å². The Bertz CT molecular complexity index is 489. The summed E-state index contributed by atoms with van der Waals surface area (Å²) in [6, 6.07) is 0. The topological polar surface area (TPSA) is 68.1 Å². The lowest BCUT2D eigenvalue weighted by Crippen LogP contribution is -2.31. The van der Waals surface area contributed by atoms with Crippen LogP contribution in [-0.4, -0.2) is 36.4 Å². The third kappa shape index (κ3) is 4.67. The third-order valence-corrected chi connectivity index (χ3v) is 4.55. The minimum absolute atomic E-state index is 0.0142. The van der Waals surface area contributed by atoms with E-state index in [1.807, 2.05) is 6.92 Å². The van der Waals surface area contributed by atoms with Crippen LogP contribution in [-0.2, 0) is 14.4 Å². The molecule has 5 nitrogen and oxygen atoms in total. The fraction of sp³-hybridized carbons (Fsp3) is 0.667. The van der Waals surface area contributed by atoms with Gasteiger partial charge in [-0.05, 0) is 31.1 Å². The lowest BCUT2D eigenvalue weighted by atomic mass is 9.75. The Morgan fingerprint density at radius 3 is 2.74 bits per heavy atom. The van der Waals surface area contributed by atoms with Crippen molar-refractivity contribution in [2.24, 2.45) is 17.0 Å². The van der Waals surface area contributed by atoms with Crippen LogP contribution in [0.1, 0.15) is 45.4 Å². The van der Waals surface area contributed by atoms with Crippen LogP contribution in [0.2, 0.25) is 0 Å². The summed E-state index contributed by atoms with van der Waals surface area (Å²) in [4.78, 5) is 17.7. The van der Waals surface area contributed by atoms with Gasteiger partial charge in [-0.3, -0.25) is 4.79 Å². The lowest BCUT2D eigenvalue weighted by Gasteiger charge is -2.32. The van der Waals surface area contributed by atoms with Crippen molar-refractivity contribution in [3.63, 3.8) is 0 Å². The largest absolute Gasteiger partial charge is 0.511 e. The molecule has 0 amide bonds. The number of aliphatic hydroxyl groups excluding tert-OH is 1. The van der Waals surface area contributed by atoms with Gasteiger partial charge >= 0.3 is 0 Å². The minimum Gasteiger partial charge on any atom is -0.511 e. The highest BCUT2D eigenvalue weighted by atomic mass is 16.6. The van der Waals surface area contributed by atoms with E-state index in [-0.39, 0.29) is 17.5 Å². The van der Waals surface area contributed by atoms with Crippen molar-refractivity contribution in [2.45, 2.75) is 45.4 Å². The molecule has 1 unspecified atom stereocenters. The zero-order valence-electron chi connectivity index (χ0n) is 13.9. The van der Waals surface area contributed by atoms with Crippen LogP contribution in [0.3, 0.4) is 0 Å². The van der Waals surface area contributed by atoms with E-state index in [1.54, 1.807) is 6.08 Å². The standard InChI is InChI=1S/C18H27NO4/c1-3-5-15(19-23-8-4-2)18-16(20)11-14(12-17(18)21)13-6-9-22-10-7-13/h4,13-14,20H,2-3,5-12H2,1H3/b19-15-. The molecule has 1 saturated heterocycles. The predicted molar refractivity (Wildman–Crippen MR) is 89.4 cm³/mol. The van der Waals surface area contributed by atoms with E-state index in [0.29, 0.717) is 43.1 Å². The number of ketones is 1. The molecule has 1 aliphatic heterocycles. The Morgan fingerprint density at radius 1 is 1.39 bits per heavy atom. The molecular formula is C18H27NO4. The summed E-state index contributed by atoms with van der Waals surface area (Å²) in [5.74, 6) is 0.832. The van der Waals surface area contributed by atoms with Gasteiger partial charge in [0, 0.05) is 26.1 Å². The maximum atomic E-state index is 12.6. The van der Waals surface area contributed by atoms with E-state index in [0.717, 1.165) is 32.5 Å². The van der Waals surface area contributed by atoms with Crippen LogP contribution < -0.4 is 0 Å². The molecule has 2 rings (SSSR count). The number of Topliss-reactive ketones (excluding diaryl/α,β-unsaturated/α-hetero) is 1. The number of nitrogens with zero attached hydrogens (tertiary/aromatic N) is 1. The zero-order valence-corrected chi connectivity index (χ0v) is 13.9. The fourth-order valence-corrected chi connectivity index (χ4v) is 3.39. The molecule has 1 aliphatic carbocycles. The quantitative estimate of drug-likeness (QED) is 0.337. The summed E-state index contributed by atoms with van der Waals surface area (Å²) in [5.41, 5.74) is 0.932. The van der Waals surface area contributed by atoms with Crippen LogP contribution in [0, 0.1) is 11.8 Å². The van der Waals surface area contributed by atoms with Gasteiger partial charge in [-0.1, -0.05) is 31.2 Å². The van der Waals surface area contributed by atoms with E-state index in [2.05, 4.69) is 11.7 Å². The SMILES string of the molecule is C=CCO/N=C(/CCC)C1=C(O)CC(C2CCOCC2)CC1=O. The first-order valence-corrected chi connectivity index (χ1v) is 8.50. The number of carbonyl (C=O) groups excluding carboxylic acids is 1. The molecule has 0 aromatic carbocycles. The van der Waals surface area contributed by atoms with Gasteiger partial charge in [-0.25, -0.2) is 0 Å². The second-order valence-corrected chi connectivity index (χ2v) is 6.24. The normalized spacial score (nSPS) is 24.0. The lowest BCUT2D eigenvalue weighted by molar-refractivity contribution is -0.117. The Kier molecular flexibility index (Phi) is 6.84. The number of ether oxygens (including phenoxy) is 1. The first-order chi connectivity index (χ1) is 11.2. The van der Waals surface area contributed by atoms with Gasteiger partial charge < -0.3 is 14.7 Å². The second kappa shape index (κ2) is 8.87. The molecule has 1 N–H and O–H groups in total. The maximum Gasteiger partial charge on any atom is 0.168 e. The van der Waals surface area contributed by atoms with Crippen molar-refractivity contribution in [3.05, 3.63) is 24.0 Å². The summed E-state index contributed by atoms with van der Waals surface area (Å²) in [5, 5.41) is 14.5. The summed E-state index contributed by atoms with van der Waals surface area (Å²) < 4.78 is 5.39. The van der Waals surface area contributed by atoms with Crippen LogP contribution in [0.5, 0.6) is 0 Å². The highest BCUT2D eigenvalue weighted by molar-refractivity contribution is 6.23. The number of allylic oxidation sites excluding steroid dienone is 2. The Balaban J connectivity index is 2.14. The predicted octanol–water partition coefficient (Wildman–Crippen LogP) is 3.56. The van der Waals surface area contributed by atoms with Crippen molar-refractivity contribution >= 4 is 11.5 Å². The van der Waals surface area contributed by atoms with Crippen LogP contribution in [0.4, 0.5) is 0 Å². The number of hydrogen-bond acceptors (Lipinski definition) is 5. The molecule has 1 fully saturated rings. The van der Waals surface area contributed by atoms with Gasteiger partial charge in [0.1, 0.15) is 12.4 Å². The molecular weight excluding hydrogens is 294 g/mol. The van der Waals surface area contributed by atoms with Gasteiger partial charge in [0.2, 0.25) is 0 Å². The molecule has 2 aliphatic rings. The first-order valence-electron chi connectivity index (χ1n) is 8.50. The van der Waals surface area contributed by atoms with Crippen molar-refractivity contribution in [3.8, 4) is 0 Å². The average Bonchev–Trinajstić information content (AvgIpc) is 2.55.